The van der Waals surface area contributed by atoms with E-state index < -0.39 is 0 Å². The molecule has 1 unspecified atom stereocenters. The maximum Gasteiger partial charge on any atom is 0.0377 e. The predicted molar refractivity (Wildman–Crippen MR) is 76.5 cm³/mol. The van der Waals surface area contributed by atoms with Crippen LogP contribution in [0.15, 0.2) is 22.7 Å². The van der Waals surface area contributed by atoms with Crippen LogP contribution < -0.4 is 5.32 Å². The average Bonchev–Trinajstić information content (AvgIpc) is 2.73. The lowest BCUT2D eigenvalue weighted by Crippen LogP contribution is -2.20. The molecule has 1 aromatic carbocycles. The summed E-state index contributed by atoms with van der Waals surface area (Å²) in [6.07, 6.45) is 5.67. The SMILES string of the molecule is CC1CCC(C2CNc3ccc(Br)cc32)CC1. The highest BCUT2D eigenvalue weighted by molar-refractivity contribution is 9.10. The van der Waals surface area contributed by atoms with Gasteiger partial charge in [0, 0.05) is 22.6 Å². The monoisotopic (exact) mass is 293 g/mol. The van der Waals surface area contributed by atoms with Crippen molar-refractivity contribution in [3.63, 3.8) is 0 Å². The Morgan fingerprint density at radius 1 is 1.18 bits per heavy atom. The summed E-state index contributed by atoms with van der Waals surface area (Å²) in [7, 11) is 0. The zero-order chi connectivity index (χ0) is 11.8. The lowest BCUT2D eigenvalue weighted by molar-refractivity contribution is 0.261. The third-order valence-corrected chi connectivity index (χ3v) is 5.05. The van der Waals surface area contributed by atoms with Crippen LogP contribution in [0.4, 0.5) is 5.69 Å². The van der Waals surface area contributed by atoms with Crippen molar-refractivity contribution < 1.29 is 0 Å². The predicted octanol–water partition coefficient (Wildman–Crippen LogP) is 4.78. The lowest BCUT2D eigenvalue weighted by atomic mass is 9.75. The maximum atomic E-state index is 3.60. The van der Waals surface area contributed by atoms with Crippen molar-refractivity contribution in [1.29, 1.82) is 0 Å². The Bertz CT molecular complexity index is 407. The molecule has 1 aromatic rings. The Morgan fingerprint density at radius 3 is 2.71 bits per heavy atom. The molecule has 0 saturated heterocycles. The van der Waals surface area contributed by atoms with Crippen LogP contribution in [0, 0.1) is 11.8 Å². The fourth-order valence-corrected chi connectivity index (χ4v) is 3.82. The summed E-state index contributed by atoms with van der Waals surface area (Å²) in [5.41, 5.74) is 2.90. The summed E-state index contributed by atoms with van der Waals surface area (Å²) < 4.78 is 1.22. The largest absolute Gasteiger partial charge is 0.384 e. The number of anilines is 1. The van der Waals surface area contributed by atoms with Gasteiger partial charge < -0.3 is 5.32 Å². The Labute approximate surface area is 112 Å². The first-order valence-corrected chi connectivity index (χ1v) is 7.56. The van der Waals surface area contributed by atoms with Crippen LogP contribution in [0.3, 0.4) is 0 Å². The number of hydrogen-bond acceptors (Lipinski definition) is 1. The molecule has 0 amide bonds. The molecule has 1 aliphatic heterocycles. The van der Waals surface area contributed by atoms with Gasteiger partial charge in [-0.05, 0) is 48.4 Å². The normalized spacial score (nSPS) is 32.0. The molecule has 2 heteroatoms. The highest BCUT2D eigenvalue weighted by Gasteiger charge is 2.31. The van der Waals surface area contributed by atoms with Crippen LogP contribution >= 0.6 is 15.9 Å². The van der Waals surface area contributed by atoms with E-state index in [9.17, 15) is 0 Å². The van der Waals surface area contributed by atoms with Gasteiger partial charge in [0.05, 0.1) is 0 Å². The summed E-state index contributed by atoms with van der Waals surface area (Å²) in [5, 5.41) is 3.57. The van der Waals surface area contributed by atoms with Crippen LogP contribution in [0.2, 0.25) is 0 Å². The maximum absolute atomic E-state index is 3.60. The molecule has 1 atom stereocenters. The molecule has 1 fully saturated rings. The molecule has 17 heavy (non-hydrogen) atoms. The topological polar surface area (TPSA) is 12.0 Å². The van der Waals surface area contributed by atoms with E-state index in [1.807, 2.05) is 0 Å². The molecule has 0 radical (unpaired) electrons. The molecule has 0 spiro atoms. The molecule has 1 saturated carbocycles. The number of fused-ring (bicyclic) bond motifs is 1. The van der Waals surface area contributed by atoms with Gasteiger partial charge in [-0.2, -0.15) is 0 Å². The zero-order valence-corrected chi connectivity index (χ0v) is 12.0. The smallest absolute Gasteiger partial charge is 0.0377 e. The molecule has 1 nitrogen and oxygen atoms in total. The van der Waals surface area contributed by atoms with Crippen molar-refractivity contribution >= 4 is 21.6 Å². The second kappa shape index (κ2) is 4.64. The molecule has 0 bridgehead atoms. The first-order chi connectivity index (χ1) is 8.24. The van der Waals surface area contributed by atoms with E-state index in [1.54, 1.807) is 5.56 Å². The van der Waals surface area contributed by atoms with E-state index in [1.165, 1.54) is 35.8 Å². The number of nitrogens with one attached hydrogen (secondary N) is 1. The zero-order valence-electron chi connectivity index (χ0n) is 10.4. The first kappa shape index (κ1) is 11.6. The van der Waals surface area contributed by atoms with Gasteiger partial charge in [-0.1, -0.05) is 35.7 Å². The van der Waals surface area contributed by atoms with Crippen molar-refractivity contribution in [3.05, 3.63) is 28.2 Å². The number of rotatable bonds is 1. The number of hydrogen-bond donors (Lipinski definition) is 1. The molecule has 3 rings (SSSR count). The van der Waals surface area contributed by atoms with E-state index in [2.05, 4.69) is 46.4 Å². The molecule has 1 heterocycles. The highest BCUT2D eigenvalue weighted by atomic mass is 79.9. The minimum atomic E-state index is 0.745. The molecular formula is C15H20BrN. The van der Waals surface area contributed by atoms with E-state index in [4.69, 9.17) is 0 Å². The van der Waals surface area contributed by atoms with Gasteiger partial charge in [-0.3, -0.25) is 0 Å². The van der Waals surface area contributed by atoms with Crippen LogP contribution in [-0.4, -0.2) is 6.54 Å². The second-order valence-electron chi connectivity index (χ2n) is 5.74. The van der Waals surface area contributed by atoms with Gasteiger partial charge >= 0.3 is 0 Å². The van der Waals surface area contributed by atoms with E-state index >= 15 is 0 Å². The first-order valence-electron chi connectivity index (χ1n) is 6.77. The van der Waals surface area contributed by atoms with Crippen molar-refractivity contribution in [1.82, 2.24) is 0 Å². The van der Waals surface area contributed by atoms with Gasteiger partial charge in [0.15, 0.2) is 0 Å². The van der Waals surface area contributed by atoms with E-state index in [0.29, 0.717) is 0 Å². The standard InChI is InChI=1S/C15H20BrN/c1-10-2-4-11(5-3-10)14-9-17-15-7-6-12(16)8-13(14)15/h6-8,10-11,14,17H,2-5,9H2,1H3. The molecule has 0 aromatic heterocycles. The van der Waals surface area contributed by atoms with Gasteiger partial charge in [0.1, 0.15) is 0 Å². The molecule has 92 valence electrons. The lowest BCUT2D eigenvalue weighted by Gasteiger charge is -2.30. The van der Waals surface area contributed by atoms with Crippen molar-refractivity contribution in [2.45, 2.75) is 38.5 Å². The van der Waals surface area contributed by atoms with Crippen LogP contribution in [0.25, 0.3) is 0 Å². The Hall–Kier alpha value is -0.500. The fraction of sp³-hybridized carbons (Fsp3) is 0.600. The van der Waals surface area contributed by atoms with E-state index in [0.717, 1.165) is 24.3 Å². The van der Waals surface area contributed by atoms with Crippen molar-refractivity contribution in [3.8, 4) is 0 Å². The molecule has 2 aliphatic rings. The van der Waals surface area contributed by atoms with Gasteiger partial charge in [0.2, 0.25) is 0 Å². The summed E-state index contributed by atoms with van der Waals surface area (Å²) in [5.74, 6) is 2.59. The van der Waals surface area contributed by atoms with Crippen molar-refractivity contribution in [2.24, 2.45) is 11.8 Å². The van der Waals surface area contributed by atoms with Crippen LogP contribution in [-0.2, 0) is 0 Å². The quantitative estimate of drug-likeness (QED) is 0.785. The molecule has 1 aliphatic carbocycles. The van der Waals surface area contributed by atoms with E-state index in [-0.39, 0.29) is 0 Å². The van der Waals surface area contributed by atoms with Crippen LogP contribution in [0.5, 0.6) is 0 Å². The molecule has 1 N–H and O–H groups in total. The number of benzene rings is 1. The average molecular weight is 294 g/mol. The molecular weight excluding hydrogens is 274 g/mol. The van der Waals surface area contributed by atoms with Gasteiger partial charge in [0.25, 0.3) is 0 Å². The summed E-state index contributed by atoms with van der Waals surface area (Å²) >= 11 is 3.60. The number of halogens is 1. The Balaban J connectivity index is 1.81. The minimum Gasteiger partial charge on any atom is -0.384 e. The van der Waals surface area contributed by atoms with Crippen LogP contribution in [0.1, 0.15) is 44.1 Å². The third-order valence-electron chi connectivity index (χ3n) is 4.56. The van der Waals surface area contributed by atoms with Gasteiger partial charge in [-0.25, -0.2) is 0 Å². The second-order valence-corrected chi connectivity index (χ2v) is 6.65. The van der Waals surface area contributed by atoms with Gasteiger partial charge in [-0.15, -0.1) is 0 Å². The summed E-state index contributed by atoms with van der Waals surface area (Å²) in [4.78, 5) is 0. The third kappa shape index (κ3) is 2.24. The highest BCUT2D eigenvalue weighted by Crippen LogP contribution is 2.44. The summed E-state index contributed by atoms with van der Waals surface area (Å²) in [6.45, 7) is 3.54. The minimum absolute atomic E-state index is 0.745. The van der Waals surface area contributed by atoms with Crippen molar-refractivity contribution in [2.75, 3.05) is 11.9 Å². The Morgan fingerprint density at radius 2 is 1.94 bits per heavy atom. The summed E-state index contributed by atoms with van der Waals surface area (Å²) in [6, 6.07) is 6.67. The Kier molecular flexibility index (Phi) is 3.16. The fourth-order valence-electron chi connectivity index (χ4n) is 3.44.